The number of ether oxygens (including phenoxy) is 2. The van der Waals surface area contributed by atoms with Crippen LogP contribution in [0.5, 0.6) is 0 Å². The minimum absolute atomic E-state index is 0.398. The molecule has 0 radical (unpaired) electrons. The SMILES string of the molecule is COC(=O)c1cc(CC2CCCCC2)c(-c2ccccc2)c(C(=O)OC)c1-c1ccccc1. The van der Waals surface area contributed by atoms with E-state index in [2.05, 4.69) is 0 Å². The molecule has 0 saturated heterocycles. The highest BCUT2D eigenvalue weighted by Gasteiger charge is 2.29. The number of hydrogen-bond donors (Lipinski definition) is 0. The first kappa shape index (κ1) is 22.8. The molecule has 33 heavy (non-hydrogen) atoms. The van der Waals surface area contributed by atoms with Crippen LogP contribution in [0.2, 0.25) is 0 Å². The van der Waals surface area contributed by atoms with Gasteiger partial charge in [-0.2, -0.15) is 0 Å². The minimum atomic E-state index is -0.455. The molecule has 1 aliphatic carbocycles. The van der Waals surface area contributed by atoms with Crippen LogP contribution in [0.1, 0.15) is 58.4 Å². The van der Waals surface area contributed by atoms with Crippen molar-refractivity contribution in [1.29, 1.82) is 0 Å². The summed E-state index contributed by atoms with van der Waals surface area (Å²) in [5, 5.41) is 0. The smallest absolute Gasteiger partial charge is 0.339 e. The van der Waals surface area contributed by atoms with Gasteiger partial charge in [0.1, 0.15) is 0 Å². The van der Waals surface area contributed by atoms with Crippen LogP contribution in [0.3, 0.4) is 0 Å². The molecule has 0 spiro atoms. The van der Waals surface area contributed by atoms with Crippen molar-refractivity contribution >= 4 is 11.9 Å². The van der Waals surface area contributed by atoms with Gasteiger partial charge in [-0.3, -0.25) is 0 Å². The second-order valence-corrected chi connectivity index (χ2v) is 8.63. The highest BCUT2D eigenvalue weighted by molar-refractivity contribution is 6.11. The quantitative estimate of drug-likeness (QED) is 0.398. The van der Waals surface area contributed by atoms with Crippen molar-refractivity contribution in [3.05, 3.63) is 83.4 Å². The summed E-state index contributed by atoms with van der Waals surface area (Å²) >= 11 is 0. The van der Waals surface area contributed by atoms with Gasteiger partial charge in [0.15, 0.2) is 0 Å². The zero-order valence-electron chi connectivity index (χ0n) is 19.3. The normalized spacial score (nSPS) is 14.0. The average molecular weight is 443 g/mol. The van der Waals surface area contributed by atoms with E-state index in [0.29, 0.717) is 22.6 Å². The number of methoxy groups -OCH3 is 2. The van der Waals surface area contributed by atoms with Gasteiger partial charge < -0.3 is 9.47 Å². The number of esters is 2. The van der Waals surface area contributed by atoms with E-state index in [4.69, 9.17) is 9.47 Å². The number of carbonyl (C=O) groups excluding carboxylic acids is 2. The van der Waals surface area contributed by atoms with Crippen LogP contribution < -0.4 is 0 Å². The van der Waals surface area contributed by atoms with Crippen molar-refractivity contribution in [2.24, 2.45) is 5.92 Å². The van der Waals surface area contributed by atoms with Crippen LogP contribution in [0.25, 0.3) is 22.3 Å². The third-order valence-electron chi connectivity index (χ3n) is 6.56. The maximum atomic E-state index is 13.3. The summed E-state index contributed by atoms with van der Waals surface area (Å²) in [6.45, 7) is 0. The van der Waals surface area contributed by atoms with Gasteiger partial charge in [0.2, 0.25) is 0 Å². The lowest BCUT2D eigenvalue weighted by molar-refractivity contribution is 0.0601. The number of rotatable bonds is 6. The van der Waals surface area contributed by atoms with Gasteiger partial charge in [-0.15, -0.1) is 0 Å². The Kier molecular flexibility index (Phi) is 7.23. The van der Waals surface area contributed by atoms with Gasteiger partial charge in [0, 0.05) is 11.1 Å². The van der Waals surface area contributed by atoms with Crippen LogP contribution >= 0.6 is 0 Å². The monoisotopic (exact) mass is 442 g/mol. The number of benzene rings is 3. The summed E-state index contributed by atoms with van der Waals surface area (Å²) in [6, 6.07) is 21.4. The van der Waals surface area contributed by atoms with E-state index in [1.807, 2.05) is 66.7 Å². The van der Waals surface area contributed by atoms with Gasteiger partial charge in [-0.05, 0) is 35.1 Å². The molecule has 1 saturated carbocycles. The third kappa shape index (κ3) is 4.85. The fraction of sp³-hybridized carbons (Fsp3) is 0.310. The predicted molar refractivity (Wildman–Crippen MR) is 130 cm³/mol. The minimum Gasteiger partial charge on any atom is -0.465 e. The summed E-state index contributed by atoms with van der Waals surface area (Å²) < 4.78 is 10.4. The summed E-state index contributed by atoms with van der Waals surface area (Å²) in [5.74, 6) is -0.383. The molecule has 1 aliphatic rings. The Morgan fingerprint density at radius 3 is 1.85 bits per heavy atom. The largest absolute Gasteiger partial charge is 0.465 e. The lowest BCUT2D eigenvalue weighted by Crippen LogP contribution is -2.16. The standard InChI is InChI=1S/C29H30O4/c1-32-28(30)24-19-23(18-20-12-6-3-7-13-20)25(21-14-8-4-9-15-21)27(29(31)33-2)26(24)22-16-10-5-11-17-22/h4-5,8-11,14-17,19-20H,3,6-7,12-13,18H2,1-2H3. The maximum Gasteiger partial charge on any atom is 0.339 e. The zero-order chi connectivity index (χ0) is 23.2. The average Bonchev–Trinajstić information content (AvgIpc) is 2.88. The summed E-state index contributed by atoms with van der Waals surface area (Å²) in [5.41, 5.74) is 4.93. The van der Waals surface area contributed by atoms with Crippen molar-refractivity contribution in [3.63, 3.8) is 0 Å². The molecule has 0 N–H and O–H groups in total. The van der Waals surface area contributed by atoms with Crippen LogP contribution in [-0.2, 0) is 15.9 Å². The second-order valence-electron chi connectivity index (χ2n) is 8.63. The molecule has 4 heteroatoms. The molecule has 0 heterocycles. The molecule has 1 fully saturated rings. The zero-order valence-corrected chi connectivity index (χ0v) is 19.3. The number of hydrogen-bond acceptors (Lipinski definition) is 4. The topological polar surface area (TPSA) is 52.6 Å². The maximum absolute atomic E-state index is 13.3. The van der Waals surface area contributed by atoms with Crippen LogP contribution in [0.15, 0.2) is 66.7 Å². The van der Waals surface area contributed by atoms with E-state index >= 15 is 0 Å². The first-order valence-electron chi connectivity index (χ1n) is 11.6. The Balaban J connectivity index is 2.06. The van der Waals surface area contributed by atoms with Crippen molar-refractivity contribution in [1.82, 2.24) is 0 Å². The van der Waals surface area contributed by atoms with Gasteiger partial charge in [-0.25, -0.2) is 9.59 Å². The molecule has 0 bridgehead atoms. The molecule has 4 rings (SSSR count). The van der Waals surface area contributed by atoms with Gasteiger partial charge >= 0.3 is 11.9 Å². The summed E-state index contributed by atoms with van der Waals surface area (Å²) in [6.07, 6.45) is 6.86. The molecule has 3 aromatic rings. The first-order valence-corrected chi connectivity index (χ1v) is 11.6. The molecule has 3 aromatic carbocycles. The van der Waals surface area contributed by atoms with Gasteiger partial charge in [-0.1, -0.05) is 92.8 Å². The van der Waals surface area contributed by atoms with Gasteiger partial charge in [0.25, 0.3) is 0 Å². The highest BCUT2D eigenvalue weighted by Crippen LogP contribution is 2.41. The predicted octanol–water partition coefficient (Wildman–Crippen LogP) is 6.72. The van der Waals surface area contributed by atoms with Crippen LogP contribution in [0, 0.1) is 5.92 Å². The van der Waals surface area contributed by atoms with Crippen LogP contribution in [-0.4, -0.2) is 26.2 Å². The summed E-state index contributed by atoms with van der Waals surface area (Å²) in [4.78, 5) is 26.3. The lowest BCUT2D eigenvalue weighted by atomic mass is 9.79. The molecule has 0 atom stereocenters. The highest BCUT2D eigenvalue weighted by atomic mass is 16.5. The molecule has 0 aliphatic heterocycles. The molecule has 170 valence electrons. The van der Waals surface area contributed by atoms with E-state index in [9.17, 15) is 9.59 Å². The van der Waals surface area contributed by atoms with Crippen LogP contribution in [0.4, 0.5) is 0 Å². The Bertz CT molecular complexity index is 1110. The van der Waals surface area contributed by atoms with Gasteiger partial charge in [0.05, 0.1) is 25.3 Å². The molecule has 0 aromatic heterocycles. The lowest BCUT2D eigenvalue weighted by Gasteiger charge is -2.26. The Morgan fingerprint density at radius 2 is 1.30 bits per heavy atom. The Hall–Kier alpha value is -3.40. The van der Waals surface area contributed by atoms with Crippen molar-refractivity contribution in [3.8, 4) is 22.3 Å². The van der Waals surface area contributed by atoms with E-state index in [-0.39, 0.29) is 0 Å². The second kappa shape index (κ2) is 10.5. The molecular weight excluding hydrogens is 412 g/mol. The molecule has 0 unspecified atom stereocenters. The third-order valence-corrected chi connectivity index (χ3v) is 6.56. The first-order chi connectivity index (χ1) is 16.1. The van der Waals surface area contributed by atoms with Crippen molar-refractivity contribution in [2.45, 2.75) is 38.5 Å². The van der Waals surface area contributed by atoms with E-state index < -0.39 is 11.9 Å². The van der Waals surface area contributed by atoms with E-state index in [1.165, 1.54) is 33.5 Å². The van der Waals surface area contributed by atoms with Crippen molar-refractivity contribution < 1.29 is 19.1 Å². The van der Waals surface area contributed by atoms with E-state index in [1.54, 1.807) is 0 Å². The number of carbonyl (C=O) groups is 2. The summed E-state index contributed by atoms with van der Waals surface area (Å²) in [7, 11) is 2.76. The fourth-order valence-electron chi connectivity index (χ4n) is 5.02. The Morgan fingerprint density at radius 1 is 0.758 bits per heavy atom. The molecule has 4 nitrogen and oxygen atoms in total. The molecule has 0 amide bonds. The van der Waals surface area contributed by atoms with E-state index in [0.717, 1.165) is 41.5 Å². The molecular formula is C29H30O4. The Labute approximate surface area is 195 Å². The van der Waals surface area contributed by atoms with Crippen molar-refractivity contribution in [2.75, 3.05) is 14.2 Å². The fourth-order valence-corrected chi connectivity index (χ4v) is 5.02.